The van der Waals surface area contributed by atoms with Crippen LogP contribution in [0.2, 0.25) is 0 Å². The van der Waals surface area contributed by atoms with E-state index in [0.29, 0.717) is 12.7 Å². The Morgan fingerprint density at radius 1 is 1.23 bits per heavy atom. The number of carbonyl (C=O) groups is 3. The Bertz CT molecular complexity index is 870. The molecule has 0 bridgehead atoms. The van der Waals surface area contributed by atoms with Crippen molar-refractivity contribution in [1.82, 2.24) is 5.32 Å². The number of hydrogen-bond acceptors (Lipinski definition) is 6. The van der Waals surface area contributed by atoms with Crippen LogP contribution in [0.15, 0.2) is 30.3 Å². The summed E-state index contributed by atoms with van der Waals surface area (Å²) in [5, 5.41) is 3.01. The highest BCUT2D eigenvalue weighted by atomic mass is 16.8. The number of aldehydes is 1. The lowest BCUT2D eigenvalue weighted by atomic mass is 9.51. The van der Waals surface area contributed by atoms with Gasteiger partial charge in [-0.05, 0) is 38.7 Å². The molecule has 1 aliphatic carbocycles. The highest BCUT2D eigenvalue weighted by molar-refractivity contribution is 6.08. The first-order valence-corrected chi connectivity index (χ1v) is 10.4. The minimum Gasteiger partial charge on any atom is -0.468 e. The zero-order chi connectivity index (χ0) is 21.9. The Morgan fingerprint density at radius 2 is 1.90 bits per heavy atom. The van der Waals surface area contributed by atoms with Crippen LogP contribution in [-0.4, -0.2) is 48.8 Å². The predicted octanol–water partition coefficient (Wildman–Crippen LogP) is 1.88. The zero-order valence-corrected chi connectivity index (χ0v) is 18.0. The number of ether oxygens (including phenoxy) is 3. The molecule has 0 unspecified atom stereocenters. The first kappa shape index (κ1) is 21.0. The quantitative estimate of drug-likeness (QED) is 0.459. The van der Waals surface area contributed by atoms with Gasteiger partial charge in [-0.15, -0.1) is 0 Å². The second-order valence-electron chi connectivity index (χ2n) is 9.33. The summed E-state index contributed by atoms with van der Waals surface area (Å²) in [6, 6.07) is 9.42. The van der Waals surface area contributed by atoms with Gasteiger partial charge in [0, 0.05) is 12.0 Å². The molecule has 0 spiro atoms. The molecule has 3 aliphatic rings. The molecular weight excluding hydrogens is 386 g/mol. The number of methoxy groups -OCH3 is 1. The molecule has 7 heteroatoms. The third-order valence-corrected chi connectivity index (χ3v) is 7.36. The Labute approximate surface area is 176 Å². The molecule has 30 heavy (non-hydrogen) atoms. The molecule has 162 valence electrons. The van der Waals surface area contributed by atoms with Crippen molar-refractivity contribution in [3.05, 3.63) is 35.9 Å². The second kappa shape index (κ2) is 6.89. The third kappa shape index (κ3) is 2.68. The number of benzene rings is 1. The molecule has 7 nitrogen and oxygen atoms in total. The van der Waals surface area contributed by atoms with Crippen LogP contribution in [0.3, 0.4) is 0 Å². The molecule has 1 N–H and O–H groups in total. The summed E-state index contributed by atoms with van der Waals surface area (Å²) in [5.41, 5.74) is -1.45. The molecule has 4 rings (SSSR count). The van der Waals surface area contributed by atoms with E-state index < -0.39 is 46.6 Å². The normalized spacial score (nSPS) is 41.5. The van der Waals surface area contributed by atoms with Crippen molar-refractivity contribution in [3.8, 4) is 0 Å². The van der Waals surface area contributed by atoms with Gasteiger partial charge in [-0.25, -0.2) is 0 Å². The van der Waals surface area contributed by atoms with E-state index in [1.807, 2.05) is 44.2 Å². The maximum absolute atomic E-state index is 13.4. The summed E-state index contributed by atoms with van der Waals surface area (Å²) in [4.78, 5) is 39.1. The minimum atomic E-state index is -1.65. The molecule has 3 fully saturated rings. The van der Waals surface area contributed by atoms with Gasteiger partial charge in [0.15, 0.2) is 11.2 Å². The lowest BCUT2D eigenvalue weighted by Crippen LogP contribution is -2.67. The molecule has 1 aromatic carbocycles. The molecule has 0 aromatic heterocycles. The lowest BCUT2D eigenvalue weighted by molar-refractivity contribution is -0.191. The summed E-state index contributed by atoms with van der Waals surface area (Å²) >= 11 is 0. The Hall–Kier alpha value is -2.25. The summed E-state index contributed by atoms with van der Waals surface area (Å²) in [5.74, 6) is -3.87. The number of fused-ring (bicyclic) bond motifs is 2. The highest BCUT2D eigenvalue weighted by Crippen LogP contribution is 2.61. The smallest absolute Gasteiger partial charge is 0.322 e. The van der Waals surface area contributed by atoms with E-state index in [1.165, 1.54) is 7.11 Å². The van der Waals surface area contributed by atoms with Crippen molar-refractivity contribution in [2.45, 2.75) is 57.6 Å². The van der Waals surface area contributed by atoms with Crippen LogP contribution >= 0.6 is 0 Å². The first-order chi connectivity index (χ1) is 14.1. The van der Waals surface area contributed by atoms with Gasteiger partial charge in [-0.3, -0.25) is 9.59 Å². The fourth-order valence-electron chi connectivity index (χ4n) is 6.13. The van der Waals surface area contributed by atoms with Gasteiger partial charge in [0.1, 0.15) is 12.4 Å². The van der Waals surface area contributed by atoms with E-state index >= 15 is 0 Å². The van der Waals surface area contributed by atoms with E-state index in [-0.39, 0.29) is 12.0 Å². The zero-order valence-electron chi connectivity index (χ0n) is 18.0. The van der Waals surface area contributed by atoms with Gasteiger partial charge < -0.3 is 24.3 Å². The number of rotatable bonds is 4. The summed E-state index contributed by atoms with van der Waals surface area (Å²) in [6.07, 6.45) is 0.474. The molecule has 1 saturated carbocycles. The Balaban J connectivity index is 1.87. The van der Waals surface area contributed by atoms with E-state index in [2.05, 4.69) is 5.32 Å². The second-order valence-corrected chi connectivity index (χ2v) is 9.33. The van der Waals surface area contributed by atoms with Crippen molar-refractivity contribution in [2.75, 3.05) is 7.11 Å². The predicted molar refractivity (Wildman–Crippen MR) is 107 cm³/mol. The van der Waals surface area contributed by atoms with Crippen molar-refractivity contribution in [1.29, 1.82) is 0 Å². The van der Waals surface area contributed by atoms with E-state index in [1.54, 1.807) is 13.8 Å². The Kier molecular flexibility index (Phi) is 4.82. The van der Waals surface area contributed by atoms with Gasteiger partial charge in [-0.1, -0.05) is 37.3 Å². The summed E-state index contributed by atoms with van der Waals surface area (Å²) in [7, 11) is 1.25. The molecule has 2 saturated heterocycles. The summed E-state index contributed by atoms with van der Waals surface area (Å²) in [6.45, 7) is 7.46. The van der Waals surface area contributed by atoms with Gasteiger partial charge in [0.25, 0.3) is 0 Å². The summed E-state index contributed by atoms with van der Waals surface area (Å²) < 4.78 is 17.6. The fourth-order valence-corrected chi connectivity index (χ4v) is 6.13. The monoisotopic (exact) mass is 415 g/mol. The molecule has 0 radical (unpaired) electrons. The topological polar surface area (TPSA) is 90.9 Å². The number of hydrogen-bond donors (Lipinski definition) is 1. The van der Waals surface area contributed by atoms with Crippen LogP contribution in [0.4, 0.5) is 0 Å². The van der Waals surface area contributed by atoms with Gasteiger partial charge in [0.05, 0.1) is 18.6 Å². The maximum atomic E-state index is 13.4. The third-order valence-electron chi connectivity index (χ3n) is 7.36. The average Bonchev–Trinajstić information content (AvgIpc) is 3.13. The van der Waals surface area contributed by atoms with Crippen LogP contribution in [0.1, 0.15) is 33.3 Å². The molecular formula is C23H29NO6. The largest absolute Gasteiger partial charge is 0.468 e. The fraction of sp³-hybridized carbons (Fsp3) is 0.609. The lowest BCUT2D eigenvalue weighted by Gasteiger charge is -2.52. The number of esters is 1. The maximum Gasteiger partial charge on any atom is 0.322 e. The van der Waals surface area contributed by atoms with Crippen molar-refractivity contribution >= 4 is 18.2 Å². The van der Waals surface area contributed by atoms with Crippen LogP contribution in [0, 0.1) is 23.2 Å². The number of nitrogens with one attached hydrogen (secondary N) is 1. The Morgan fingerprint density at radius 3 is 2.50 bits per heavy atom. The van der Waals surface area contributed by atoms with Crippen LogP contribution in [-0.2, 0) is 35.0 Å². The standard InChI is InChI=1S/C23H29NO6/c1-13-17-16(11-14-9-7-6-8-10-14)24-19(26)23(17,20(27)28-5)15(12-25)18-22(13,4)30-21(2,3)29-18/h6-10,12-13,15-18H,11H2,1-5H3,(H,24,26)/t13-,15-,16-,17-,18-,22+,23+/m0/s1. The minimum absolute atomic E-state index is 0.257. The molecule has 1 amide bonds. The van der Waals surface area contributed by atoms with Gasteiger partial charge in [-0.2, -0.15) is 0 Å². The van der Waals surface area contributed by atoms with Crippen LogP contribution < -0.4 is 5.32 Å². The van der Waals surface area contributed by atoms with Crippen LogP contribution in [0.25, 0.3) is 0 Å². The molecule has 7 atom stereocenters. The van der Waals surface area contributed by atoms with Crippen molar-refractivity contribution in [2.24, 2.45) is 23.2 Å². The van der Waals surface area contributed by atoms with Gasteiger partial charge >= 0.3 is 5.97 Å². The molecule has 2 aliphatic heterocycles. The number of amides is 1. The SMILES string of the molecule is COC(=O)[C@@]12C(=O)N[C@@H](Cc3ccccc3)[C@@H]1[C@H](C)[C@@]1(C)OC(C)(C)O[C@H]1[C@@H]2C=O. The van der Waals surface area contributed by atoms with Crippen LogP contribution in [0.5, 0.6) is 0 Å². The molecule has 1 aromatic rings. The highest BCUT2D eigenvalue weighted by Gasteiger charge is 2.77. The van der Waals surface area contributed by atoms with Crippen molar-refractivity contribution < 1.29 is 28.6 Å². The van der Waals surface area contributed by atoms with Gasteiger partial charge in [0.2, 0.25) is 5.91 Å². The van der Waals surface area contributed by atoms with E-state index in [0.717, 1.165) is 5.56 Å². The molecule has 2 heterocycles. The number of carbonyl (C=O) groups excluding carboxylic acids is 3. The van der Waals surface area contributed by atoms with Crippen molar-refractivity contribution in [3.63, 3.8) is 0 Å². The van der Waals surface area contributed by atoms with E-state index in [9.17, 15) is 14.4 Å². The average molecular weight is 415 g/mol. The van der Waals surface area contributed by atoms with E-state index in [4.69, 9.17) is 14.2 Å². The first-order valence-electron chi connectivity index (χ1n) is 10.4.